The summed E-state index contributed by atoms with van der Waals surface area (Å²) in [5, 5.41) is 0. The Kier molecular flexibility index (Phi) is 5.31. The number of hydrazine groups is 1. The van der Waals surface area contributed by atoms with Gasteiger partial charge in [0.25, 0.3) is 0 Å². The molecule has 0 saturated heterocycles. The zero-order chi connectivity index (χ0) is 15.2. The molecule has 0 aliphatic heterocycles. The quantitative estimate of drug-likeness (QED) is 0.633. The van der Waals surface area contributed by atoms with Gasteiger partial charge in [0, 0.05) is 5.56 Å². The Hall–Kier alpha value is -1.91. The van der Waals surface area contributed by atoms with Crippen LogP contribution < -0.4 is 16.0 Å². The molecule has 0 fully saturated rings. The number of rotatable bonds is 6. The van der Waals surface area contributed by atoms with Gasteiger partial charge in [0.15, 0.2) is 0 Å². The number of aryl methyl sites for hydroxylation is 1. The maximum Gasteiger partial charge on any atom is 0.124 e. The average Bonchev–Trinajstić information content (AvgIpc) is 2.49. The summed E-state index contributed by atoms with van der Waals surface area (Å²) < 4.78 is 19.1. The van der Waals surface area contributed by atoms with E-state index in [1.54, 1.807) is 12.1 Å². The minimum absolute atomic E-state index is 0.131. The molecular formula is C17H21FN2O. The van der Waals surface area contributed by atoms with E-state index < -0.39 is 0 Å². The predicted molar refractivity (Wildman–Crippen MR) is 82.5 cm³/mol. The molecule has 0 bridgehead atoms. The molecule has 0 aromatic heterocycles. The number of ether oxygens (including phenoxy) is 1. The first-order valence-electron chi connectivity index (χ1n) is 7.08. The van der Waals surface area contributed by atoms with E-state index in [4.69, 9.17) is 10.6 Å². The fourth-order valence-electron chi connectivity index (χ4n) is 2.39. The average molecular weight is 288 g/mol. The van der Waals surface area contributed by atoms with Gasteiger partial charge in [-0.2, -0.15) is 0 Å². The van der Waals surface area contributed by atoms with E-state index in [2.05, 4.69) is 5.43 Å². The van der Waals surface area contributed by atoms with Crippen LogP contribution in [0.1, 0.15) is 29.7 Å². The third-order valence-electron chi connectivity index (χ3n) is 3.53. The molecule has 0 aliphatic rings. The minimum Gasteiger partial charge on any atom is -0.494 e. The van der Waals surface area contributed by atoms with Crippen molar-refractivity contribution in [3.8, 4) is 5.75 Å². The molecular weight excluding hydrogens is 267 g/mol. The summed E-state index contributed by atoms with van der Waals surface area (Å²) in [5.74, 6) is 6.28. The van der Waals surface area contributed by atoms with Crippen molar-refractivity contribution in [3.63, 3.8) is 0 Å². The van der Waals surface area contributed by atoms with Gasteiger partial charge in [0.1, 0.15) is 11.6 Å². The maximum absolute atomic E-state index is 13.4. The molecule has 21 heavy (non-hydrogen) atoms. The fraction of sp³-hybridized carbons (Fsp3) is 0.294. The summed E-state index contributed by atoms with van der Waals surface area (Å²) in [6.07, 6.45) is 0.601. The third-order valence-corrected chi connectivity index (χ3v) is 3.53. The van der Waals surface area contributed by atoms with Crippen molar-refractivity contribution in [2.24, 2.45) is 5.84 Å². The van der Waals surface area contributed by atoms with Crippen LogP contribution in [0.5, 0.6) is 5.75 Å². The molecule has 2 aromatic rings. The van der Waals surface area contributed by atoms with Crippen LogP contribution in [0.3, 0.4) is 0 Å². The molecule has 0 aliphatic carbocycles. The Morgan fingerprint density at radius 1 is 1.24 bits per heavy atom. The maximum atomic E-state index is 13.4. The fourth-order valence-corrected chi connectivity index (χ4v) is 2.39. The summed E-state index contributed by atoms with van der Waals surface area (Å²) in [7, 11) is 0. The standard InChI is InChI=1S/C17H21FN2O/c1-3-21-17-7-5-4-6-15(17)16(20-19)11-13-10-14(18)9-8-12(13)2/h4-10,16,20H,3,11,19H2,1-2H3. The van der Waals surface area contributed by atoms with Crippen LogP contribution in [0.15, 0.2) is 42.5 Å². The molecule has 1 atom stereocenters. The van der Waals surface area contributed by atoms with Crippen LogP contribution in [0.25, 0.3) is 0 Å². The van der Waals surface area contributed by atoms with Gasteiger partial charge in [-0.25, -0.2) is 4.39 Å². The molecule has 0 spiro atoms. The molecule has 112 valence electrons. The molecule has 4 heteroatoms. The van der Waals surface area contributed by atoms with E-state index in [-0.39, 0.29) is 11.9 Å². The lowest BCUT2D eigenvalue weighted by Crippen LogP contribution is -2.30. The largest absolute Gasteiger partial charge is 0.494 e. The third kappa shape index (κ3) is 3.80. The molecule has 2 aromatic carbocycles. The first-order chi connectivity index (χ1) is 10.2. The Bertz CT molecular complexity index is 601. The Balaban J connectivity index is 2.30. The van der Waals surface area contributed by atoms with E-state index in [1.165, 1.54) is 6.07 Å². The van der Waals surface area contributed by atoms with Crippen LogP contribution in [0.2, 0.25) is 0 Å². The van der Waals surface area contributed by atoms with Crippen LogP contribution in [0, 0.1) is 12.7 Å². The lowest BCUT2D eigenvalue weighted by atomic mass is 9.96. The lowest BCUT2D eigenvalue weighted by Gasteiger charge is -2.20. The highest BCUT2D eigenvalue weighted by atomic mass is 19.1. The van der Waals surface area contributed by atoms with Crippen molar-refractivity contribution in [1.29, 1.82) is 0 Å². The highest BCUT2D eigenvalue weighted by Crippen LogP contribution is 2.28. The van der Waals surface area contributed by atoms with Gasteiger partial charge >= 0.3 is 0 Å². The normalized spacial score (nSPS) is 12.2. The minimum atomic E-state index is -0.232. The summed E-state index contributed by atoms with van der Waals surface area (Å²) in [6, 6.07) is 12.4. The van der Waals surface area contributed by atoms with E-state index >= 15 is 0 Å². The van der Waals surface area contributed by atoms with Gasteiger partial charge in [-0.3, -0.25) is 11.3 Å². The number of benzene rings is 2. The zero-order valence-electron chi connectivity index (χ0n) is 12.4. The summed E-state index contributed by atoms with van der Waals surface area (Å²) in [6.45, 7) is 4.50. The molecule has 0 heterocycles. The van der Waals surface area contributed by atoms with Crippen molar-refractivity contribution >= 4 is 0 Å². The molecule has 1 unspecified atom stereocenters. The Morgan fingerprint density at radius 3 is 2.71 bits per heavy atom. The highest BCUT2D eigenvalue weighted by molar-refractivity contribution is 5.38. The SMILES string of the molecule is CCOc1ccccc1C(Cc1cc(F)ccc1C)NN. The molecule has 3 N–H and O–H groups in total. The molecule has 0 radical (unpaired) electrons. The van der Waals surface area contributed by atoms with Crippen LogP contribution in [-0.2, 0) is 6.42 Å². The number of nitrogens with two attached hydrogens (primary N) is 1. The van der Waals surface area contributed by atoms with Crippen molar-refractivity contribution in [3.05, 3.63) is 65.0 Å². The van der Waals surface area contributed by atoms with E-state index in [0.717, 1.165) is 22.4 Å². The summed E-state index contributed by atoms with van der Waals surface area (Å²) in [5.41, 5.74) is 5.77. The number of hydrogen-bond donors (Lipinski definition) is 2. The number of hydrogen-bond acceptors (Lipinski definition) is 3. The van der Waals surface area contributed by atoms with Crippen LogP contribution in [0.4, 0.5) is 4.39 Å². The highest BCUT2D eigenvalue weighted by Gasteiger charge is 2.16. The van der Waals surface area contributed by atoms with Crippen molar-refractivity contribution in [2.45, 2.75) is 26.3 Å². The molecule has 3 nitrogen and oxygen atoms in total. The van der Waals surface area contributed by atoms with Crippen molar-refractivity contribution in [2.75, 3.05) is 6.61 Å². The van der Waals surface area contributed by atoms with E-state index in [9.17, 15) is 4.39 Å². The second kappa shape index (κ2) is 7.20. The van der Waals surface area contributed by atoms with Crippen molar-refractivity contribution in [1.82, 2.24) is 5.43 Å². The first kappa shape index (κ1) is 15.5. The zero-order valence-corrected chi connectivity index (χ0v) is 12.4. The summed E-state index contributed by atoms with van der Waals surface area (Å²) in [4.78, 5) is 0. The topological polar surface area (TPSA) is 47.3 Å². The van der Waals surface area contributed by atoms with E-state index in [1.807, 2.05) is 38.1 Å². The second-order valence-electron chi connectivity index (χ2n) is 4.97. The van der Waals surface area contributed by atoms with Crippen molar-refractivity contribution < 1.29 is 9.13 Å². The van der Waals surface area contributed by atoms with Crippen LogP contribution in [-0.4, -0.2) is 6.61 Å². The van der Waals surface area contributed by atoms with Gasteiger partial charge in [-0.05, 0) is 49.6 Å². The van der Waals surface area contributed by atoms with Gasteiger partial charge in [0.05, 0.1) is 12.6 Å². The Labute approximate surface area is 124 Å². The number of halogens is 1. The van der Waals surface area contributed by atoms with Gasteiger partial charge in [-0.15, -0.1) is 0 Å². The molecule has 0 amide bonds. The lowest BCUT2D eigenvalue weighted by molar-refractivity contribution is 0.331. The predicted octanol–water partition coefficient (Wildman–Crippen LogP) is 3.28. The number of para-hydroxylation sites is 1. The van der Waals surface area contributed by atoms with Crippen LogP contribution >= 0.6 is 0 Å². The molecule has 2 rings (SSSR count). The second-order valence-corrected chi connectivity index (χ2v) is 4.97. The van der Waals surface area contributed by atoms with Gasteiger partial charge in [0.2, 0.25) is 0 Å². The van der Waals surface area contributed by atoms with Gasteiger partial charge in [-0.1, -0.05) is 24.3 Å². The summed E-state index contributed by atoms with van der Waals surface area (Å²) >= 11 is 0. The first-order valence-corrected chi connectivity index (χ1v) is 7.08. The number of nitrogens with one attached hydrogen (secondary N) is 1. The Morgan fingerprint density at radius 2 is 2.00 bits per heavy atom. The molecule has 0 saturated carbocycles. The monoisotopic (exact) mass is 288 g/mol. The van der Waals surface area contributed by atoms with Gasteiger partial charge < -0.3 is 4.74 Å². The van der Waals surface area contributed by atoms with E-state index in [0.29, 0.717) is 13.0 Å². The smallest absolute Gasteiger partial charge is 0.124 e.